The van der Waals surface area contributed by atoms with Crippen molar-refractivity contribution >= 4 is 23.5 Å². The highest BCUT2D eigenvalue weighted by Gasteiger charge is 2.23. The maximum Gasteiger partial charge on any atom is 0.415 e. The quantitative estimate of drug-likeness (QED) is 0.451. The first-order valence-corrected chi connectivity index (χ1v) is 13.7. The average molecular weight is 533 g/mol. The van der Waals surface area contributed by atoms with Gasteiger partial charge in [-0.1, -0.05) is 5.16 Å². The van der Waals surface area contributed by atoms with Crippen LogP contribution in [0.3, 0.4) is 0 Å². The molecule has 0 aliphatic carbocycles. The van der Waals surface area contributed by atoms with Gasteiger partial charge in [-0.3, -0.25) is 14.6 Å². The summed E-state index contributed by atoms with van der Waals surface area (Å²) in [6.45, 7) is 7.62. The van der Waals surface area contributed by atoms with E-state index < -0.39 is 6.09 Å². The van der Waals surface area contributed by atoms with Gasteiger partial charge in [-0.15, -0.1) is 0 Å². The van der Waals surface area contributed by atoms with Gasteiger partial charge in [0.05, 0.1) is 11.9 Å². The fraction of sp³-hybridized carbons (Fsp3) is 0.448. The molecular weight excluding hydrogens is 496 g/mol. The van der Waals surface area contributed by atoms with Gasteiger partial charge < -0.3 is 19.1 Å². The number of ether oxygens (including phenoxy) is 1. The largest absolute Gasteiger partial charge is 0.415 e. The summed E-state index contributed by atoms with van der Waals surface area (Å²) in [5, 5.41) is 3.92. The third-order valence-electron chi connectivity index (χ3n) is 7.39. The van der Waals surface area contributed by atoms with Gasteiger partial charge in [-0.2, -0.15) is 0 Å². The zero-order valence-corrected chi connectivity index (χ0v) is 22.7. The molecule has 0 N–H and O–H groups in total. The summed E-state index contributed by atoms with van der Waals surface area (Å²) in [5.41, 5.74) is 2.64. The number of hydrogen-bond acceptors (Lipinski definition) is 8. The Labute approximate surface area is 229 Å². The van der Waals surface area contributed by atoms with Crippen LogP contribution in [0, 0.1) is 6.92 Å². The van der Waals surface area contributed by atoms with Crippen molar-refractivity contribution in [3.63, 3.8) is 0 Å². The summed E-state index contributed by atoms with van der Waals surface area (Å²) in [7, 11) is 1.69. The lowest BCUT2D eigenvalue weighted by Gasteiger charge is -2.33. The minimum Gasteiger partial charge on any atom is -0.409 e. The molecule has 206 valence electrons. The standard InChI is InChI=1S/C29H36N6O4/c1-22-20-25(39-31-22)12-15-33-16-18-35(19-17-33)29(37)38-26-10-11-27(30-21-26)32(2)28(36)23-6-8-24(9-7-23)34-13-4-3-5-14-34/h6-11,20-21H,3-5,12-19H2,1-2H3. The minimum atomic E-state index is -0.395. The van der Waals surface area contributed by atoms with Gasteiger partial charge in [-0.25, -0.2) is 9.78 Å². The van der Waals surface area contributed by atoms with Crippen LogP contribution in [-0.2, 0) is 6.42 Å². The number of carbonyl (C=O) groups excluding carboxylic acids is 2. The van der Waals surface area contributed by atoms with E-state index in [0.29, 0.717) is 30.2 Å². The second-order valence-electron chi connectivity index (χ2n) is 10.2. The van der Waals surface area contributed by atoms with Crippen LogP contribution in [0.5, 0.6) is 5.75 Å². The number of amides is 2. The van der Waals surface area contributed by atoms with E-state index in [1.165, 1.54) is 30.4 Å². The van der Waals surface area contributed by atoms with Crippen molar-refractivity contribution in [3.8, 4) is 5.75 Å². The molecule has 10 nitrogen and oxygen atoms in total. The van der Waals surface area contributed by atoms with E-state index >= 15 is 0 Å². The molecule has 4 heterocycles. The summed E-state index contributed by atoms with van der Waals surface area (Å²) in [5.74, 6) is 1.56. The Morgan fingerprint density at radius 3 is 2.36 bits per heavy atom. The molecule has 2 aliphatic rings. The molecule has 0 spiro atoms. The first-order chi connectivity index (χ1) is 19.0. The number of aryl methyl sites for hydroxylation is 1. The van der Waals surface area contributed by atoms with Crippen molar-refractivity contribution in [2.75, 3.05) is 62.7 Å². The normalized spacial score (nSPS) is 16.3. The average Bonchev–Trinajstić information content (AvgIpc) is 3.41. The number of aromatic nitrogens is 2. The summed E-state index contributed by atoms with van der Waals surface area (Å²) in [6.07, 6.45) is 5.58. The van der Waals surface area contributed by atoms with E-state index in [9.17, 15) is 9.59 Å². The second-order valence-corrected chi connectivity index (χ2v) is 10.2. The number of piperidine rings is 1. The Hall–Kier alpha value is -3.92. The molecule has 2 aliphatic heterocycles. The molecule has 0 radical (unpaired) electrons. The van der Waals surface area contributed by atoms with Crippen LogP contribution in [0.1, 0.15) is 41.1 Å². The molecule has 1 aromatic carbocycles. The number of nitrogens with zero attached hydrogens (tertiary/aromatic N) is 6. The number of hydrogen-bond donors (Lipinski definition) is 0. The van der Waals surface area contributed by atoms with Crippen molar-refractivity contribution in [1.82, 2.24) is 19.9 Å². The van der Waals surface area contributed by atoms with E-state index in [4.69, 9.17) is 9.26 Å². The van der Waals surface area contributed by atoms with Crippen molar-refractivity contribution in [3.05, 3.63) is 65.7 Å². The molecule has 0 unspecified atom stereocenters. The second kappa shape index (κ2) is 12.3. The molecule has 3 aromatic rings. The Morgan fingerprint density at radius 2 is 1.72 bits per heavy atom. The molecule has 10 heteroatoms. The van der Waals surface area contributed by atoms with Crippen LogP contribution < -0.4 is 14.5 Å². The van der Waals surface area contributed by atoms with E-state index in [1.54, 1.807) is 24.1 Å². The van der Waals surface area contributed by atoms with Crippen molar-refractivity contribution in [2.24, 2.45) is 0 Å². The lowest BCUT2D eigenvalue weighted by atomic mass is 10.1. The highest BCUT2D eigenvalue weighted by Crippen LogP contribution is 2.22. The molecule has 2 saturated heterocycles. The van der Waals surface area contributed by atoms with Crippen LogP contribution in [0.15, 0.2) is 53.2 Å². The highest BCUT2D eigenvalue weighted by molar-refractivity contribution is 6.05. The van der Waals surface area contributed by atoms with E-state index in [1.807, 2.05) is 37.3 Å². The van der Waals surface area contributed by atoms with Crippen molar-refractivity contribution < 1.29 is 18.8 Å². The topological polar surface area (TPSA) is 95.2 Å². The summed E-state index contributed by atoms with van der Waals surface area (Å²) >= 11 is 0. The number of carbonyl (C=O) groups is 2. The Kier molecular flexibility index (Phi) is 8.41. The lowest BCUT2D eigenvalue weighted by Crippen LogP contribution is -2.49. The van der Waals surface area contributed by atoms with Crippen LogP contribution in [-0.4, -0.2) is 84.8 Å². The molecule has 2 fully saturated rings. The SMILES string of the molecule is Cc1cc(CCN2CCN(C(=O)Oc3ccc(N(C)C(=O)c4ccc(N5CCCCC5)cc4)nc3)CC2)on1. The highest BCUT2D eigenvalue weighted by atomic mass is 16.6. The molecule has 0 bridgehead atoms. The number of pyridine rings is 1. The van der Waals surface area contributed by atoms with Gasteiger partial charge in [0.2, 0.25) is 0 Å². The van der Waals surface area contributed by atoms with Gasteiger partial charge in [0.15, 0.2) is 5.75 Å². The van der Waals surface area contributed by atoms with Gasteiger partial charge in [0.25, 0.3) is 5.91 Å². The lowest BCUT2D eigenvalue weighted by molar-refractivity contribution is 0.0991. The summed E-state index contributed by atoms with van der Waals surface area (Å²) < 4.78 is 10.8. The predicted octanol–water partition coefficient (Wildman–Crippen LogP) is 4.00. The van der Waals surface area contributed by atoms with Gasteiger partial charge >= 0.3 is 6.09 Å². The summed E-state index contributed by atoms with van der Waals surface area (Å²) in [6, 6.07) is 13.1. The molecule has 5 rings (SSSR count). The summed E-state index contributed by atoms with van der Waals surface area (Å²) in [4.78, 5) is 37.9. The zero-order chi connectivity index (χ0) is 27.2. The number of benzene rings is 1. The van der Waals surface area contributed by atoms with Crippen LogP contribution >= 0.6 is 0 Å². The maximum atomic E-state index is 13.0. The third-order valence-corrected chi connectivity index (χ3v) is 7.39. The van der Waals surface area contributed by atoms with E-state index in [-0.39, 0.29) is 5.91 Å². The van der Waals surface area contributed by atoms with Crippen molar-refractivity contribution in [2.45, 2.75) is 32.6 Å². The fourth-order valence-corrected chi connectivity index (χ4v) is 5.02. The maximum absolute atomic E-state index is 13.0. The predicted molar refractivity (Wildman–Crippen MR) is 148 cm³/mol. The number of anilines is 2. The molecule has 0 saturated carbocycles. The van der Waals surface area contributed by atoms with Crippen LogP contribution in [0.4, 0.5) is 16.3 Å². The van der Waals surface area contributed by atoms with E-state index in [0.717, 1.165) is 56.3 Å². The first kappa shape index (κ1) is 26.7. The molecule has 2 aromatic heterocycles. The number of rotatable bonds is 7. The monoisotopic (exact) mass is 532 g/mol. The zero-order valence-electron chi connectivity index (χ0n) is 22.7. The molecule has 39 heavy (non-hydrogen) atoms. The van der Waals surface area contributed by atoms with Gasteiger partial charge in [0.1, 0.15) is 11.6 Å². The van der Waals surface area contributed by atoms with Crippen LogP contribution in [0.25, 0.3) is 0 Å². The smallest absolute Gasteiger partial charge is 0.409 e. The Morgan fingerprint density at radius 1 is 0.974 bits per heavy atom. The third kappa shape index (κ3) is 6.75. The fourth-order valence-electron chi connectivity index (χ4n) is 5.02. The van der Waals surface area contributed by atoms with Crippen molar-refractivity contribution in [1.29, 1.82) is 0 Å². The van der Waals surface area contributed by atoms with E-state index in [2.05, 4.69) is 19.9 Å². The van der Waals surface area contributed by atoms with Gasteiger partial charge in [0, 0.05) is 76.6 Å². The van der Waals surface area contributed by atoms with Crippen LogP contribution in [0.2, 0.25) is 0 Å². The Bertz CT molecular complexity index is 1250. The minimum absolute atomic E-state index is 0.145. The molecule has 0 atom stereocenters. The Balaban J connectivity index is 1.09. The molecular formula is C29H36N6O4. The first-order valence-electron chi connectivity index (χ1n) is 13.7. The molecule has 2 amide bonds. The van der Waals surface area contributed by atoms with Gasteiger partial charge in [-0.05, 0) is 62.6 Å². The number of piperazine rings is 1.